The second-order valence-corrected chi connectivity index (χ2v) is 4.77. The van der Waals surface area contributed by atoms with E-state index in [1.54, 1.807) is 0 Å². The Hall–Kier alpha value is -0.610. The van der Waals surface area contributed by atoms with E-state index in [1.807, 2.05) is 0 Å². The van der Waals surface area contributed by atoms with Gasteiger partial charge in [0, 0.05) is 19.8 Å². The minimum absolute atomic E-state index is 0.425. The fourth-order valence-corrected chi connectivity index (χ4v) is 2.08. The van der Waals surface area contributed by atoms with Crippen LogP contribution in [0.1, 0.15) is 25.7 Å². The summed E-state index contributed by atoms with van der Waals surface area (Å²) in [5, 5.41) is 12.3. The summed E-state index contributed by atoms with van der Waals surface area (Å²) in [4.78, 5) is 10.9. The Morgan fingerprint density at radius 2 is 2.07 bits per heavy atom. The Balaban J connectivity index is 1.64. The second-order valence-electron chi connectivity index (χ2n) is 4.77. The van der Waals surface area contributed by atoms with Gasteiger partial charge in [0.05, 0.1) is 5.41 Å². The van der Waals surface area contributed by atoms with Gasteiger partial charge in [0.15, 0.2) is 0 Å². The zero-order valence-electron chi connectivity index (χ0n) is 9.00. The third-order valence-corrected chi connectivity index (χ3v) is 3.54. The molecule has 1 saturated carbocycles. The van der Waals surface area contributed by atoms with E-state index in [1.165, 1.54) is 0 Å². The van der Waals surface area contributed by atoms with E-state index >= 15 is 0 Å². The van der Waals surface area contributed by atoms with Crippen LogP contribution < -0.4 is 5.32 Å². The molecule has 2 aliphatic rings. The van der Waals surface area contributed by atoms with E-state index in [9.17, 15) is 4.79 Å². The molecule has 2 fully saturated rings. The van der Waals surface area contributed by atoms with Gasteiger partial charge in [0.1, 0.15) is 0 Å². The molecule has 1 aliphatic carbocycles. The highest BCUT2D eigenvalue weighted by atomic mass is 16.5. The molecule has 0 bridgehead atoms. The summed E-state index contributed by atoms with van der Waals surface area (Å²) < 4.78 is 5.28. The minimum atomic E-state index is -0.637. The average Bonchev–Trinajstić information content (AvgIpc) is 3.01. The van der Waals surface area contributed by atoms with Gasteiger partial charge in [-0.2, -0.15) is 0 Å². The Bertz CT molecular complexity index is 232. The van der Waals surface area contributed by atoms with Crippen LogP contribution in [0, 0.1) is 11.3 Å². The van der Waals surface area contributed by atoms with Gasteiger partial charge < -0.3 is 15.2 Å². The van der Waals surface area contributed by atoms with Gasteiger partial charge in [-0.3, -0.25) is 4.79 Å². The third kappa shape index (κ3) is 2.69. The molecule has 0 aromatic rings. The van der Waals surface area contributed by atoms with Crippen LogP contribution in [0.2, 0.25) is 0 Å². The number of carboxylic acids is 1. The first kappa shape index (κ1) is 10.9. The first-order valence-corrected chi connectivity index (χ1v) is 5.75. The lowest BCUT2D eigenvalue weighted by molar-refractivity contribution is -0.143. The molecule has 0 spiro atoms. The molecule has 1 aliphatic heterocycles. The fraction of sp³-hybridized carbons (Fsp3) is 0.909. The zero-order chi connectivity index (χ0) is 10.7. The molecular formula is C11H19NO3. The van der Waals surface area contributed by atoms with Crippen molar-refractivity contribution in [2.75, 3.05) is 26.3 Å². The summed E-state index contributed by atoms with van der Waals surface area (Å²) in [5.41, 5.74) is -0.425. The summed E-state index contributed by atoms with van der Waals surface area (Å²) in [6, 6.07) is 0. The molecule has 1 heterocycles. The van der Waals surface area contributed by atoms with E-state index in [0.717, 1.165) is 45.4 Å². The van der Waals surface area contributed by atoms with Gasteiger partial charge in [-0.25, -0.2) is 0 Å². The number of carbonyl (C=O) groups is 1. The van der Waals surface area contributed by atoms with Crippen LogP contribution in [-0.4, -0.2) is 37.4 Å². The van der Waals surface area contributed by atoms with Crippen molar-refractivity contribution in [3.8, 4) is 0 Å². The minimum Gasteiger partial charge on any atom is -0.481 e. The van der Waals surface area contributed by atoms with Crippen molar-refractivity contribution in [2.24, 2.45) is 11.3 Å². The number of hydrogen-bond donors (Lipinski definition) is 2. The summed E-state index contributed by atoms with van der Waals surface area (Å²) >= 11 is 0. The standard InChI is InChI=1S/C11H19NO3/c13-10(14)11(3-4-11)8-12-7-9-1-5-15-6-2-9/h9,12H,1-8H2,(H,13,14). The quantitative estimate of drug-likeness (QED) is 0.711. The maximum atomic E-state index is 10.9. The Labute approximate surface area is 90.0 Å². The highest BCUT2D eigenvalue weighted by Crippen LogP contribution is 2.45. The van der Waals surface area contributed by atoms with Gasteiger partial charge >= 0.3 is 5.97 Å². The lowest BCUT2D eigenvalue weighted by Gasteiger charge is -2.23. The van der Waals surface area contributed by atoms with E-state index < -0.39 is 11.4 Å². The number of carboxylic acid groups (broad SMARTS) is 1. The largest absolute Gasteiger partial charge is 0.481 e. The van der Waals surface area contributed by atoms with Crippen LogP contribution in [0.4, 0.5) is 0 Å². The van der Waals surface area contributed by atoms with Crippen LogP contribution in [0.25, 0.3) is 0 Å². The van der Waals surface area contributed by atoms with Crippen LogP contribution in [0.5, 0.6) is 0 Å². The Morgan fingerprint density at radius 1 is 1.40 bits per heavy atom. The summed E-state index contributed by atoms with van der Waals surface area (Å²) in [6.45, 7) is 3.30. The van der Waals surface area contributed by atoms with E-state index in [2.05, 4.69) is 5.32 Å². The molecule has 0 unspecified atom stereocenters. The molecule has 4 nitrogen and oxygen atoms in total. The molecule has 0 atom stereocenters. The zero-order valence-corrected chi connectivity index (χ0v) is 9.00. The molecule has 2 rings (SSSR count). The molecule has 0 aromatic carbocycles. The van der Waals surface area contributed by atoms with Crippen molar-refractivity contribution in [2.45, 2.75) is 25.7 Å². The van der Waals surface area contributed by atoms with Crippen LogP contribution >= 0.6 is 0 Å². The maximum Gasteiger partial charge on any atom is 0.310 e. The first-order chi connectivity index (χ1) is 7.23. The normalized spacial score (nSPS) is 25.1. The molecule has 15 heavy (non-hydrogen) atoms. The van der Waals surface area contributed by atoms with Gasteiger partial charge in [-0.05, 0) is 38.1 Å². The number of ether oxygens (including phenoxy) is 1. The molecule has 4 heteroatoms. The maximum absolute atomic E-state index is 10.9. The van der Waals surface area contributed by atoms with Gasteiger partial charge in [0.25, 0.3) is 0 Å². The number of nitrogens with one attached hydrogen (secondary N) is 1. The van der Waals surface area contributed by atoms with Crippen molar-refractivity contribution >= 4 is 5.97 Å². The Kier molecular flexibility index (Phi) is 3.26. The lowest BCUT2D eigenvalue weighted by Crippen LogP contribution is -2.34. The molecule has 0 amide bonds. The number of aliphatic carboxylic acids is 1. The molecule has 0 aromatic heterocycles. The second kappa shape index (κ2) is 4.49. The van der Waals surface area contributed by atoms with E-state index in [4.69, 9.17) is 9.84 Å². The molecule has 0 radical (unpaired) electrons. The molecule has 2 N–H and O–H groups in total. The highest BCUT2D eigenvalue weighted by molar-refractivity contribution is 5.78. The summed E-state index contributed by atoms with van der Waals surface area (Å²) in [6.07, 6.45) is 3.88. The van der Waals surface area contributed by atoms with Crippen molar-refractivity contribution in [3.63, 3.8) is 0 Å². The topological polar surface area (TPSA) is 58.6 Å². The van der Waals surface area contributed by atoms with Gasteiger partial charge in [-0.1, -0.05) is 0 Å². The predicted molar refractivity (Wildman–Crippen MR) is 55.7 cm³/mol. The molecular weight excluding hydrogens is 194 g/mol. The van der Waals surface area contributed by atoms with Crippen LogP contribution in [0.15, 0.2) is 0 Å². The monoisotopic (exact) mass is 213 g/mol. The first-order valence-electron chi connectivity index (χ1n) is 5.75. The molecule has 1 saturated heterocycles. The highest BCUT2D eigenvalue weighted by Gasteiger charge is 2.49. The third-order valence-electron chi connectivity index (χ3n) is 3.54. The van der Waals surface area contributed by atoms with Crippen molar-refractivity contribution in [3.05, 3.63) is 0 Å². The van der Waals surface area contributed by atoms with Crippen molar-refractivity contribution < 1.29 is 14.6 Å². The van der Waals surface area contributed by atoms with Gasteiger partial charge in [0.2, 0.25) is 0 Å². The number of hydrogen-bond acceptors (Lipinski definition) is 3. The summed E-state index contributed by atoms with van der Waals surface area (Å²) in [7, 11) is 0. The fourth-order valence-electron chi connectivity index (χ4n) is 2.08. The smallest absolute Gasteiger partial charge is 0.310 e. The van der Waals surface area contributed by atoms with E-state index in [0.29, 0.717) is 12.5 Å². The van der Waals surface area contributed by atoms with Crippen molar-refractivity contribution in [1.29, 1.82) is 0 Å². The number of rotatable bonds is 5. The predicted octanol–water partition coefficient (Wildman–Crippen LogP) is 0.867. The van der Waals surface area contributed by atoms with Crippen LogP contribution in [0.3, 0.4) is 0 Å². The van der Waals surface area contributed by atoms with Crippen molar-refractivity contribution in [1.82, 2.24) is 5.32 Å². The van der Waals surface area contributed by atoms with Gasteiger partial charge in [-0.15, -0.1) is 0 Å². The van der Waals surface area contributed by atoms with Crippen LogP contribution in [-0.2, 0) is 9.53 Å². The Morgan fingerprint density at radius 3 is 2.60 bits per heavy atom. The van der Waals surface area contributed by atoms with E-state index in [-0.39, 0.29) is 0 Å². The lowest BCUT2D eigenvalue weighted by atomic mass is 10.00. The summed E-state index contributed by atoms with van der Waals surface area (Å²) in [5.74, 6) is 0.0327. The average molecular weight is 213 g/mol. The molecule has 86 valence electrons. The SMILES string of the molecule is O=C(O)C1(CNCC2CCOCC2)CC1.